The van der Waals surface area contributed by atoms with Gasteiger partial charge in [0.15, 0.2) is 0 Å². The highest BCUT2D eigenvalue weighted by atomic mass is 35.5. The molecule has 6 nitrogen and oxygen atoms in total. The van der Waals surface area contributed by atoms with E-state index >= 15 is 0 Å². The summed E-state index contributed by atoms with van der Waals surface area (Å²) in [6.45, 7) is 0. The number of nitrogens with zero attached hydrogens (tertiary/aromatic N) is 2. The van der Waals surface area contributed by atoms with Crippen LogP contribution in [0.4, 0.5) is 17.1 Å². The second-order valence-electron chi connectivity index (χ2n) is 6.82. The van der Waals surface area contributed by atoms with Gasteiger partial charge in [0.1, 0.15) is 0 Å². The van der Waals surface area contributed by atoms with Gasteiger partial charge in [-0.05, 0) is 42.5 Å². The molecule has 0 aromatic heterocycles. The number of benzene rings is 3. The van der Waals surface area contributed by atoms with Gasteiger partial charge >= 0.3 is 0 Å². The van der Waals surface area contributed by atoms with Crippen LogP contribution in [0.3, 0.4) is 0 Å². The third-order valence-electron chi connectivity index (χ3n) is 4.56. The summed E-state index contributed by atoms with van der Waals surface area (Å²) in [7, 11) is 1.30. The van der Waals surface area contributed by atoms with Crippen molar-refractivity contribution in [2.24, 2.45) is 0 Å². The fraction of sp³-hybridized carbons (Fsp3) is 0.136. The van der Waals surface area contributed by atoms with E-state index in [1.54, 1.807) is 59.5 Å². The molecular weight excluding hydrogens is 422 g/mol. The van der Waals surface area contributed by atoms with Crippen molar-refractivity contribution in [1.29, 1.82) is 0 Å². The molecular formula is C22H22ClN3O3S. The van der Waals surface area contributed by atoms with Gasteiger partial charge in [-0.2, -0.15) is 0 Å². The molecule has 0 radical (unpaired) electrons. The first-order valence-electron chi connectivity index (χ1n) is 9.13. The van der Waals surface area contributed by atoms with Gasteiger partial charge in [-0.1, -0.05) is 41.9 Å². The van der Waals surface area contributed by atoms with Crippen LogP contribution in [0.25, 0.3) is 0 Å². The summed E-state index contributed by atoms with van der Waals surface area (Å²) in [5.74, 6) is -0.431. The molecule has 8 heteroatoms. The number of hydrogen-bond acceptors (Lipinski definition) is 4. The Morgan fingerprint density at radius 1 is 0.900 bits per heavy atom. The molecule has 30 heavy (non-hydrogen) atoms. The molecule has 1 amide bonds. The zero-order valence-electron chi connectivity index (χ0n) is 16.8. The molecule has 1 N–H and O–H groups in total. The maximum Gasteiger partial charge on any atom is 0.264 e. The van der Waals surface area contributed by atoms with Gasteiger partial charge in [0.05, 0.1) is 27.0 Å². The summed E-state index contributed by atoms with van der Waals surface area (Å²) in [5.41, 5.74) is 1.95. The fourth-order valence-electron chi connectivity index (χ4n) is 3.00. The van der Waals surface area contributed by atoms with E-state index in [-0.39, 0.29) is 10.5 Å². The Kier molecular flexibility index (Phi) is 6.34. The van der Waals surface area contributed by atoms with Crippen molar-refractivity contribution in [2.75, 3.05) is 35.7 Å². The number of rotatable bonds is 6. The average Bonchev–Trinajstić information content (AvgIpc) is 2.73. The van der Waals surface area contributed by atoms with Gasteiger partial charge in [-0.25, -0.2) is 8.42 Å². The second-order valence-corrected chi connectivity index (χ2v) is 9.20. The Morgan fingerprint density at radius 2 is 1.57 bits per heavy atom. The normalized spacial score (nSPS) is 11.1. The Hall–Kier alpha value is -3.03. The van der Waals surface area contributed by atoms with Gasteiger partial charge in [-0.3, -0.25) is 9.10 Å². The van der Waals surface area contributed by atoms with E-state index in [4.69, 9.17) is 11.6 Å². The first-order valence-corrected chi connectivity index (χ1v) is 10.9. The lowest BCUT2D eigenvalue weighted by Crippen LogP contribution is -2.26. The first-order chi connectivity index (χ1) is 14.2. The van der Waals surface area contributed by atoms with Crippen LogP contribution >= 0.6 is 11.6 Å². The van der Waals surface area contributed by atoms with Gasteiger partial charge < -0.3 is 10.2 Å². The monoisotopic (exact) mass is 443 g/mol. The minimum atomic E-state index is -3.83. The van der Waals surface area contributed by atoms with Gasteiger partial charge in [0, 0.05) is 26.7 Å². The minimum Gasteiger partial charge on any atom is -0.375 e. The molecule has 156 valence electrons. The molecule has 0 spiro atoms. The molecule has 3 rings (SSSR count). The van der Waals surface area contributed by atoms with Crippen molar-refractivity contribution < 1.29 is 13.2 Å². The lowest BCUT2D eigenvalue weighted by atomic mass is 10.2. The summed E-state index contributed by atoms with van der Waals surface area (Å²) in [5, 5.41) is 3.31. The molecule has 0 aliphatic carbocycles. The molecule has 0 aliphatic rings. The Bertz CT molecular complexity index is 1170. The van der Waals surface area contributed by atoms with E-state index < -0.39 is 15.9 Å². The van der Waals surface area contributed by atoms with Gasteiger partial charge in [0.2, 0.25) is 0 Å². The summed E-state index contributed by atoms with van der Waals surface area (Å²) < 4.78 is 27.2. The molecule has 3 aromatic rings. The summed E-state index contributed by atoms with van der Waals surface area (Å²) in [4.78, 5) is 14.7. The zero-order valence-corrected chi connectivity index (χ0v) is 18.4. The average molecular weight is 444 g/mol. The Morgan fingerprint density at radius 3 is 2.23 bits per heavy atom. The first kappa shape index (κ1) is 21.7. The molecule has 0 bridgehead atoms. The number of carbonyl (C=O) groups excluding carboxylic acids is 1. The van der Waals surface area contributed by atoms with Crippen LogP contribution < -0.4 is 14.5 Å². The lowest BCUT2D eigenvalue weighted by Gasteiger charge is -2.20. The lowest BCUT2D eigenvalue weighted by molar-refractivity contribution is 0.102. The van der Waals surface area contributed by atoms with Crippen molar-refractivity contribution in [3.05, 3.63) is 83.4 Å². The predicted molar refractivity (Wildman–Crippen MR) is 122 cm³/mol. The van der Waals surface area contributed by atoms with Crippen molar-refractivity contribution in [3.8, 4) is 0 Å². The molecule has 0 aliphatic heterocycles. The number of para-hydroxylation sites is 2. The largest absolute Gasteiger partial charge is 0.375 e. The van der Waals surface area contributed by atoms with Gasteiger partial charge in [-0.15, -0.1) is 0 Å². The van der Waals surface area contributed by atoms with E-state index in [9.17, 15) is 13.2 Å². The van der Waals surface area contributed by atoms with Crippen molar-refractivity contribution in [3.63, 3.8) is 0 Å². The molecule has 0 fully saturated rings. The third-order valence-corrected chi connectivity index (χ3v) is 6.64. The molecule has 3 aromatic carbocycles. The zero-order chi connectivity index (χ0) is 21.9. The highest BCUT2D eigenvalue weighted by molar-refractivity contribution is 7.92. The second kappa shape index (κ2) is 8.77. The molecule has 0 atom stereocenters. The number of nitrogens with one attached hydrogen (secondary N) is 1. The molecule has 0 unspecified atom stereocenters. The standard InChI is InChI=1S/C22H22ClN3O3S/c1-25(2)21-19(23)13-8-14-20(21)24-22(27)16-9-7-12-18(15-16)30(28,29)26(3)17-10-5-4-6-11-17/h4-15H,1-3H3,(H,24,27). The van der Waals surface area contributed by atoms with E-state index in [0.717, 1.165) is 0 Å². The van der Waals surface area contributed by atoms with Crippen LogP contribution in [0.5, 0.6) is 0 Å². The quantitative estimate of drug-likeness (QED) is 0.609. The van der Waals surface area contributed by atoms with Gasteiger partial charge in [0.25, 0.3) is 15.9 Å². The number of halogens is 1. The SMILES string of the molecule is CN(C)c1c(Cl)cccc1NC(=O)c1cccc(S(=O)(=O)N(C)c2ccccc2)c1. The predicted octanol–water partition coefficient (Wildman–Crippen LogP) is 4.48. The van der Waals surface area contributed by atoms with Crippen LogP contribution in [-0.4, -0.2) is 35.5 Å². The van der Waals surface area contributed by atoms with Crippen LogP contribution in [0.1, 0.15) is 10.4 Å². The van der Waals surface area contributed by atoms with Crippen LogP contribution in [0.15, 0.2) is 77.7 Å². The molecule has 0 heterocycles. The highest BCUT2D eigenvalue weighted by Gasteiger charge is 2.22. The van der Waals surface area contributed by atoms with Crippen LogP contribution in [-0.2, 0) is 10.0 Å². The van der Waals surface area contributed by atoms with Crippen molar-refractivity contribution in [2.45, 2.75) is 4.90 Å². The molecule has 0 saturated carbocycles. The minimum absolute atomic E-state index is 0.0282. The summed E-state index contributed by atoms with van der Waals surface area (Å²) >= 11 is 6.25. The number of sulfonamides is 1. The number of amides is 1. The van der Waals surface area contributed by atoms with E-state index in [1.165, 1.54) is 23.5 Å². The smallest absolute Gasteiger partial charge is 0.264 e. The van der Waals surface area contributed by atoms with E-state index in [1.807, 2.05) is 20.2 Å². The van der Waals surface area contributed by atoms with Crippen LogP contribution in [0.2, 0.25) is 5.02 Å². The highest BCUT2D eigenvalue weighted by Crippen LogP contribution is 2.33. The van der Waals surface area contributed by atoms with Crippen molar-refractivity contribution >= 4 is 44.6 Å². The van der Waals surface area contributed by atoms with E-state index in [0.29, 0.717) is 22.1 Å². The maximum absolute atomic E-state index is 13.0. The van der Waals surface area contributed by atoms with Crippen molar-refractivity contribution in [1.82, 2.24) is 0 Å². The third kappa shape index (κ3) is 4.42. The van der Waals surface area contributed by atoms with E-state index in [2.05, 4.69) is 5.32 Å². The Balaban J connectivity index is 1.91. The molecule has 0 saturated heterocycles. The summed E-state index contributed by atoms with van der Waals surface area (Å²) in [6, 6.07) is 19.9. The maximum atomic E-state index is 13.0. The number of hydrogen-bond donors (Lipinski definition) is 1. The number of anilines is 3. The fourth-order valence-corrected chi connectivity index (χ4v) is 4.58. The summed E-state index contributed by atoms with van der Waals surface area (Å²) in [6.07, 6.45) is 0. The van der Waals surface area contributed by atoms with Crippen LogP contribution in [0, 0.1) is 0 Å². The topological polar surface area (TPSA) is 69.7 Å². The Labute approximate surface area is 181 Å². The number of carbonyl (C=O) groups is 1.